The molecule has 1 aliphatic rings. The molecule has 94 valence electrons. The molecule has 1 aromatic heterocycles. The molecule has 1 aromatic rings. The van der Waals surface area contributed by atoms with Gasteiger partial charge in [0.25, 0.3) is 5.91 Å². The summed E-state index contributed by atoms with van der Waals surface area (Å²) in [7, 11) is 3.78. The molecule has 1 heterocycles. The summed E-state index contributed by atoms with van der Waals surface area (Å²) in [6.45, 7) is 2.64. The summed E-state index contributed by atoms with van der Waals surface area (Å²) in [5.74, 6) is 0.528. The maximum atomic E-state index is 11.9. The van der Waals surface area contributed by atoms with Crippen molar-refractivity contribution in [3.8, 4) is 0 Å². The lowest BCUT2D eigenvalue weighted by molar-refractivity contribution is 0.0945. The van der Waals surface area contributed by atoms with Crippen LogP contribution in [0.2, 0.25) is 0 Å². The lowest BCUT2D eigenvalue weighted by atomic mass is 10.2. The normalized spacial score (nSPS) is 16.9. The van der Waals surface area contributed by atoms with E-state index < -0.39 is 0 Å². The average Bonchev–Trinajstić information content (AvgIpc) is 3.09. The number of carbonyl (C=O) groups excluding carboxylic acids is 1. The Morgan fingerprint density at radius 3 is 2.94 bits per heavy atom. The van der Waals surface area contributed by atoms with Crippen molar-refractivity contribution in [2.45, 2.75) is 31.7 Å². The Balaban J connectivity index is 1.96. The number of hydrogen-bond donors (Lipinski definition) is 2. The van der Waals surface area contributed by atoms with E-state index >= 15 is 0 Å². The number of nitrogens with zero attached hydrogens (tertiary/aromatic N) is 2. The average molecular weight is 236 g/mol. The van der Waals surface area contributed by atoms with Crippen molar-refractivity contribution in [2.75, 3.05) is 13.6 Å². The predicted octanol–water partition coefficient (Wildman–Crippen LogP) is 0.635. The van der Waals surface area contributed by atoms with E-state index in [4.69, 9.17) is 0 Å². The molecule has 17 heavy (non-hydrogen) atoms. The van der Waals surface area contributed by atoms with Crippen molar-refractivity contribution < 1.29 is 4.79 Å². The number of carbonyl (C=O) groups is 1. The Labute approximate surface area is 102 Å². The lowest BCUT2D eigenvalue weighted by Gasteiger charge is -2.09. The van der Waals surface area contributed by atoms with E-state index in [9.17, 15) is 4.79 Å². The SMILES string of the molecule is CNC(C)CNC(=O)c1cc(C2CC2)n(C)n1. The van der Waals surface area contributed by atoms with E-state index in [0.29, 0.717) is 18.2 Å². The van der Waals surface area contributed by atoms with Gasteiger partial charge in [-0.1, -0.05) is 0 Å². The minimum Gasteiger partial charge on any atom is -0.349 e. The Kier molecular flexibility index (Phi) is 3.47. The van der Waals surface area contributed by atoms with Crippen LogP contribution in [0.4, 0.5) is 0 Å². The molecule has 1 saturated carbocycles. The molecule has 0 aliphatic heterocycles. The first-order chi connectivity index (χ1) is 8.11. The van der Waals surface area contributed by atoms with Gasteiger partial charge < -0.3 is 10.6 Å². The minimum atomic E-state index is -0.0883. The third kappa shape index (κ3) is 2.85. The molecule has 0 bridgehead atoms. The highest BCUT2D eigenvalue weighted by Gasteiger charge is 2.28. The minimum absolute atomic E-state index is 0.0883. The largest absolute Gasteiger partial charge is 0.349 e. The lowest BCUT2D eigenvalue weighted by Crippen LogP contribution is -2.37. The van der Waals surface area contributed by atoms with Gasteiger partial charge in [-0.15, -0.1) is 0 Å². The second kappa shape index (κ2) is 4.87. The molecule has 1 fully saturated rings. The first-order valence-corrected chi connectivity index (χ1v) is 6.11. The number of rotatable bonds is 5. The topological polar surface area (TPSA) is 58.9 Å². The van der Waals surface area contributed by atoms with Crippen molar-refractivity contribution in [1.29, 1.82) is 0 Å². The van der Waals surface area contributed by atoms with Crippen LogP contribution < -0.4 is 10.6 Å². The van der Waals surface area contributed by atoms with Gasteiger partial charge in [0, 0.05) is 31.2 Å². The Bertz CT molecular complexity index is 409. The zero-order valence-electron chi connectivity index (χ0n) is 10.7. The van der Waals surface area contributed by atoms with Crippen molar-refractivity contribution in [1.82, 2.24) is 20.4 Å². The molecule has 0 spiro atoms. The van der Waals surface area contributed by atoms with E-state index in [-0.39, 0.29) is 11.9 Å². The van der Waals surface area contributed by atoms with Gasteiger partial charge in [-0.25, -0.2) is 0 Å². The first-order valence-electron chi connectivity index (χ1n) is 6.11. The molecule has 1 atom stereocenters. The van der Waals surface area contributed by atoms with Crippen LogP contribution in [0.5, 0.6) is 0 Å². The molecule has 2 N–H and O–H groups in total. The molecule has 1 aliphatic carbocycles. The van der Waals surface area contributed by atoms with Crippen LogP contribution in [0.15, 0.2) is 6.07 Å². The number of nitrogens with one attached hydrogen (secondary N) is 2. The van der Waals surface area contributed by atoms with Crippen LogP contribution in [-0.2, 0) is 7.05 Å². The molecular formula is C12H20N4O. The van der Waals surface area contributed by atoms with Gasteiger partial charge in [-0.2, -0.15) is 5.10 Å². The van der Waals surface area contributed by atoms with Gasteiger partial charge in [-0.3, -0.25) is 9.48 Å². The second-order valence-electron chi connectivity index (χ2n) is 4.75. The first kappa shape index (κ1) is 12.1. The molecule has 2 rings (SSSR count). The van der Waals surface area contributed by atoms with E-state index in [1.165, 1.54) is 18.5 Å². The van der Waals surface area contributed by atoms with Gasteiger partial charge in [0.05, 0.1) is 0 Å². The molecule has 5 heteroatoms. The summed E-state index contributed by atoms with van der Waals surface area (Å²) in [6, 6.07) is 2.18. The zero-order chi connectivity index (χ0) is 12.4. The number of aryl methyl sites for hydroxylation is 1. The van der Waals surface area contributed by atoms with Gasteiger partial charge in [0.15, 0.2) is 0 Å². The molecule has 0 saturated heterocycles. The number of likely N-dealkylation sites (N-methyl/N-ethyl adjacent to an activating group) is 1. The zero-order valence-corrected chi connectivity index (χ0v) is 10.7. The second-order valence-corrected chi connectivity index (χ2v) is 4.75. The highest BCUT2D eigenvalue weighted by molar-refractivity contribution is 5.92. The summed E-state index contributed by atoms with van der Waals surface area (Å²) < 4.78 is 1.83. The highest BCUT2D eigenvalue weighted by Crippen LogP contribution is 2.39. The van der Waals surface area contributed by atoms with Gasteiger partial charge in [0.1, 0.15) is 5.69 Å². The van der Waals surface area contributed by atoms with Crippen LogP contribution in [0, 0.1) is 0 Å². The Hall–Kier alpha value is -1.36. The summed E-state index contributed by atoms with van der Waals surface area (Å²) >= 11 is 0. The molecule has 0 aromatic carbocycles. The van der Waals surface area contributed by atoms with Crippen LogP contribution in [0.25, 0.3) is 0 Å². The Morgan fingerprint density at radius 2 is 2.35 bits per heavy atom. The van der Waals surface area contributed by atoms with E-state index in [2.05, 4.69) is 15.7 Å². The maximum Gasteiger partial charge on any atom is 0.271 e. The monoisotopic (exact) mass is 236 g/mol. The van der Waals surface area contributed by atoms with Crippen molar-refractivity contribution in [3.05, 3.63) is 17.5 Å². The predicted molar refractivity (Wildman–Crippen MR) is 66.0 cm³/mol. The molecule has 5 nitrogen and oxygen atoms in total. The van der Waals surface area contributed by atoms with E-state index in [1.54, 1.807) is 0 Å². The fourth-order valence-corrected chi connectivity index (χ4v) is 1.79. The van der Waals surface area contributed by atoms with E-state index in [1.807, 2.05) is 31.8 Å². The fraction of sp³-hybridized carbons (Fsp3) is 0.667. The van der Waals surface area contributed by atoms with Gasteiger partial charge in [-0.05, 0) is 32.9 Å². The summed E-state index contributed by atoms with van der Waals surface area (Å²) in [4.78, 5) is 11.9. The third-order valence-corrected chi connectivity index (χ3v) is 3.21. The van der Waals surface area contributed by atoms with Crippen LogP contribution in [0.1, 0.15) is 41.9 Å². The number of hydrogen-bond acceptors (Lipinski definition) is 3. The third-order valence-electron chi connectivity index (χ3n) is 3.21. The smallest absolute Gasteiger partial charge is 0.271 e. The molecule has 1 unspecified atom stereocenters. The van der Waals surface area contributed by atoms with Crippen molar-refractivity contribution in [2.24, 2.45) is 7.05 Å². The van der Waals surface area contributed by atoms with Gasteiger partial charge in [0.2, 0.25) is 0 Å². The van der Waals surface area contributed by atoms with Crippen LogP contribution in [0.3, 0.4) is 0 Å². The molecule has 1 amide bonds. The highest BCUT2D eigenvalue weighted by atomic mass is 16.1. The maximum absolute atomic E-state index is 11.9. The fourth-order valence-electron chi connectivity index (χ4n) is 1.79. The Morgan fingerprint density at radius 1 is 1.65 bits per heavy atom. The van der Waals surface area contributed by atoms with Gasteiger partial charge >= 0.3 is 0 Å². The van der Waals surface area contributed by atoms with Crippen molar-refractivity contribution in [3.63, 3.8) is 0 Å². The van der Waals surface area contributed by atoms with E-state index in [0.717, 1.165) is 0 Å². The summed E-state index contributed by atoms with van der Waals surface area (Å²) in [5, 5.41) is 10.2. The summed E-state index contributed by atoms with van der Waals surface area (Å²) in [5.41, 5.74) is 1.70. The van der Waals surface area contributed by atoms with Crippen LogP contribution >= 0.6 is 0 Å². The number of aromatic nitrogens is 2. The molecular weight excluding hydrogens is 216 g/mol. The van der Waals surface area contributed by atoms with Crippen LogP contribution in [-0.4, -0.2) is 35.3 Å². The summed E-state index contributed by atoms with van der Waals surface area (Å²) in [6.07, 6.45) is 2.44. The number of amides is 1. The quantitative estimate of drug-likeness (QED) is 0.788. The molecule has 0 radical (unpaired) electrons. The standard InChI is InChI=1S/C12H20N4O/c1-8(13-2)7-14-12(17)10-6-11(9-4-5-9)16(3)15-10/h6,8-9,13H,4-5,7H2,1-3H3,(H,14,17). The van der Waals surface area contributed by atoms with Crippen molar-refractivity contribution >= 4 is 5.91 Å².